The lowest BCUT2D eigenvalue weighted by Gasteiger charge is -2.12. The number of hydrogen-bond acceptors (Lipinski definition) is 3. The minimum absolute atomic E-state index is 0.0335. The first-order chi connectivity index (χ1) is 8.56. The summed E-state index contributed by atoms with van der Waals surface area (Å²) in [4.78, 5) is 12.8. The van der Waals surface area contributed by atoms with E-state index in [9.17, 15) is 9.18 Å². The highest BCUT2D eigenvalue weighted by Gasteiger charge is 2.09. The third-order valence-corrected chi connectivity index (χ3v) is 2.55. The highest BCUT2D eigenvalue weighted by atomic mass is 19.1. The van der Waals surface area contributed by atoms with Crippen molar-refractivity contribution in [3.8, 4) is 5.75 Å². The summed E-state index contributed by atoms with van der Waals surface area (Å²) in [6.45, 7) is 0.525. The summed E-state index contributed by atoms with van der Waals surface area (Å²) >= 11 is 0. The van der Waals surface area contributed by atoms with E-state index in [1.807, 2.05) is 0 Å². The van der Waals surface area contributed by atoms with Crippen LogP contribution in [-0.4, -0.2) is 31.5 Å². The average Bonchev–Trinajstić information content (AvgIpc) is 2.35. The molecule has 1 amide bonds. The van der Waals surface area contributed by atoms with Crippen LogP contribution in [0, 0.1) is 5.82 Å². The summed E-state index contributed by atoms with van der Waals surface area (Å²) < 4.78 is 18.9. The molecule has 0 aliphatic heterocycles. The number of rotatable bonds is 6. The fourth-order valence-corrected chi connectivity index (χ4v) is 1.50. The maximum absolute atomic E-state index is 13.5. The zero-order valence-electron chi connectivity index (χ0n) is 10.8. The van der Waals surface area contributed by atoms with Crippen molar-refractivity contribution in [3.63, 3.8) is 0 Å². The molecule has 4 nitrogen and oxygen atoms in total. The molecule has 0 atom stereocenters. The fraction of sp³-hybridized carbons (Fsp3) is 0.462. The molecule has 0 fully saturated rings. The molecule has 0 heterocycles. The van der Waals surface area contributed by atoms with Gasteiger partial charge in [0.25, 0.3) is 0 Å². The summed E-state index contributed by atoms with van der Waals surface area (Å²) in [6.07, 6.45) is 0.939. The highest BCUT2D eigenvalue weighted by Crippen LogP contribution is 2.22. The van der Waals surface area contributed by atoms with Gasteiger partial charge in [-0.25, -0.2) is 4.39 Å². The second kappa shape index (κ2) is 6.96. The van der Waals surface area contributed by atoms with E-state index in [-0.39, 0.29) is 18.2 Å². The van der Waals surface area contributed by atoms with E-state index in [1.54, 1.807) is 26.2 Å². The van der Waals surface area contributed by atoms with E-state index in [0.29, 0.717) is 25.0 Å². The molecule has 0 radical (unpaired) electrons. The third-order valence-electron chi connectivity index (χ3n) is 2.55. The van der Waals surface area contributed by atoms with E-state index in [1.165, 1.54) is 11.0 Å². The Labute approximate surface area is 107 Å². The topological polar surface area (TPSA) is 55.6 Å². The summed E-state index contributed by atoms with van der Waals surface area (Å²) in [5, 5.41) is 0. The second-order valence-electron chi connectivity index (χ2n) is 4.17. The minimum Gasteiger partial charge on any atom is -0.490 e. The molecule has 18 heavy (non-hydrogen) atoms. The molecule has 0 saturated carbocycles. The first-order valence-electron chi connectivity index (χ1n) is 5.86. The Balaban J connectivity index is 2.47. The number of halogens is 1. The first kappa shape index (κ1) is 14.4. The predicted octanol–water partition coefficient (Wildman–Crippen LogP) is 1.53. The highest BCUT2D eigenvalue weighted by molar-refractivity contribution is 5.75. The van der Waals surface area contributed by atoms with Crippen LogP contribution in [0.25, 0.3) is 0 Å². The molecule has 0 spiro atoms. The number of amides is 1. The summed E-state index contributed by atoms with van der Waals surface area (Å²) in [5.41, 5.74) is 6.14. The van der Waals surface area contributed by atoms with Crippen LogP contribution in [0.1, 0.15) is 18.4 Å². The second-order valence-corrected chi connectivity index (χ2v) is 4.17. The van der Waals surface area contributed by atoms with Gasteiger partial charge in [-0.05, 0) is 12.5 Å². The van der Waals surface area contributed by atoms with Gasteiger partial charge in [0.05, 0.1) is 6.61 Å². The maximum atomic E-state index is 13.5. The Hall–Kier alpha value is -1.62. The normalized spacial score (nSPS) is 10.2. The minimum atomic E-state index is -0.420. The average molecular weight is 254 g/mol. The van der Waals surface area contributed by atoms with Gasteiger partial charge in [-0.2, -0.15) is 0 Å². The summed E-state index contributed by atoms with van der Waals surface area (Å²) in [5.74, 6) is -0.194. The molecule has 1 rings (SSSR count). The van der Waals surface area contributed by atoms with Crippen LogP contribution in [0.15, 0.2) is 18.2 Å². The number of carbonyl (C=O) groups is 1. The zero-order valence-corrected chi connectivity index (χ0v) is 10.8. The SMILES string of the molecule is CN(C)C(=O)CCCOc1c(F)cccc1CN. The van der Waals surface area contributed by atoms with Crippen molar-refractivity contribution in [2.75, 3.05) is 20.7 Å². The maximum Gasteiger partial charge on any atom is 0.222 e. The van der Waals surface area contributed by atoms with Crippen molar-refractivity contribution in [1.82, 2.24) is 4.90 Å². The van der Waals surface area contributed by atoms with Crippen molar-refractivity contribution in [2.45, 2.75) is 19.4 Å². The van der Waals surface area contributed by atoms with Crippen molar-refractivity contribution in [3.05, 3.63) is 29.6 Å². The van der Waals surface area contributed by atoms with Crippen LogP contribution in [0.4, 0.5) is 4.39 Å². The molecule has 0 aromatic heterocycles. The Morgan fingerprint density at radius 2 is 2.17 bits per heavy atom. The molecule has 0 bridgehead atoms. The molecule has 1 aromatic carbocycles. The van der Waals surface area contributed by atoms with Crippen molar-refractivity contribution in [2.24, 2.45) is 5.73 Å². The quantitative estimate of drug-likeness (QED) is 0.783. The van der Waals surface area contributed by atoms with Crippen molar-refractivity contribution < 1.29 is 13.9 Å². The van der Waals surface area contributed by atoms with Gasteiger partial charge < -0.3 is 15.4 Å². The Kier molecular flexibility index (Phi) is 5.58. The summed E-state index contributed by atoms with van der Waals surface area (Å²) in [6, 6.07) is 4.66. The Morgan fingerprint density at radius 1 is 1.44 bits per heavy atom. The number of ether oxygens (including phenoxy) is 1. The van der Waals surface area contributed by atoms with E-state index in [0.717, 1.165) is 0 Å². The van der Waals surface area contributed by atoms with Crippen LogP contribution >= 0.6 is 0 Å². The predicted molar refractivity (Wildman–Crippen MR) is 67.7 cm³/mol. The van der Waals surface area contributed by atoms with Gasteiger partial charge in [0.2, 0.25) is 5.91 Å². The number of benzene rings is 1. The van der Waals surface area contributed by atoms with E-state index >= 15 is 0 Å². The molecule has 0 unspecified atom stereocenters. The lowest BCUT2D eigenvalue weighted by molar-refractivity contribution is -0.128. The Bertz CT molecular complexity index is 408. The van der Waals surface area contributed by atoms with Gasteiger partial charge in [0.15, 0.2) is 11.6 Å². The molecule has 0 aliphatic rings. The number of para-hydroxylation sites is 1. The largest absolute Gasteiger partial charge is 0.490 e. The zero-order chi connectivity index (χ0) is 13.5. The van der Waals surface area contributed by atoms with Crippen LogP contribution < -0.4 is 10.5 Å². The van der Waals surface area contributed by atoms with Gasteiger partial charge in [-0.15, -0.1) is 0 Å². The van der Waals surface area contributed by atoms with Crippen molar-refractivity contribution in [1.29, 1.82) is 0 Å². The number of nitrogens with zero attached hydrogens (tertiary/aromatic N) is 1. The lowest BCUT2D eigenvalue weighted by Crippen LogP contribution is -2.21. The standard InChI is InChI=1S/C13H19FN2O2/c1-16(2)12(17)7-4-8-18-13-10(9-15)5-3-6-11(13)14/h3,5-6H,4,7-9,15H2,1-2H3. The van der Waals surface area contributed by atoms with Gasteiger partial charge in [0.1, 0.15) is 0 Å². The number of nitrogens with two attached hydrogens (primary N) is 1. The molecule has 1 aromatic rings. The molecular formula is C13H19FN2O2. The van der Waals surface area contributed by atoms with Gasteiger partial charge in [0, 0.05) is 32.6 Å². The molecule has 5 heteroatoms. The molecule has 100 valence electrons. The monoisotopic (exact) mass is 254 g/mol. The first-order valence-corrected chi connectivity index (χ1v) is 5.86. The van der Waals surface area contributed by atoms with E-state index in [2.05, 4.69) is 0 Å². The van der Waals surface area contributed by atoms with Crippen LogP contribution in [0.3, 0.4) is 0 Å². The summed E-state index contributed by atoms with van der Waals surface area (Å²) in [7, 11) is 3.40. The molecule has 0 saturated heterocycles. The number of hydrogen-bond donors (Lipinski definition) is 1. The molecule has 2 N–H and O–H groups in total. The van der Waals surface area contributed by atoms with Gasteiger partial charge >= 0.3 is 0 Å². The molecular weight excluding hydrogens is 235 g/mol. The van der Waals surface area contributed by atoms with E-state index in [4.69, 9.17) is 10.5 Å². The molecule has 0 aliphatic carbocycles. The smallest absolute Gasteiger partial charge is 0.222 e. The van der Waals surface area contributed by atoms with Crippen LogP contribution in [-0.2, 0) is 11.3 Å². The van der Waals surface area contributed by atoms with E-state index < -0.39 is 5.82 Å². The van der Waals surface area contributed by atoms with Crippen molar-refractivity contribution >= 4 is 5.91 Å². The number of carbonyl (C=O) groups excluding carboxylic acids is 1. The fourth-order valence-electron chi connectivity index (χ4n) is 1.50. The van der Waals surface area contributed by atoms with Gasteiger partial charge in [-0.1, -0.05) is 12.1 Å². The van der Waals surface area contributed by atoms with Crippen LogP contribution in [0.2, 0.25) is 0 Å². The third kappa shape index (κ3) is 4.00. The Morgan fingerprint density at radius 3 is 2.78 bits per heavy atom. The van der Waals surface area contributed by atoms with Crippen LogP contribution in [0.5, 0.6) is 5.75 Å². The van der Waals surface area contributed by atoms with Gasteiger partial charge in [-0.3, -0.25) is 4.79 Å². The lowest BCUT2D eigenvalue weighted by atomic mass is 10.2.